The van der Waals surface area contributed by atoms with E-state index < -0.39 is 4.92 Å². The molecule has 2 aromatic rings. The van der Waals surface area contributed by atoms with Crippen LogP contribution in [0.15, 0.2) is 41.8 Å². The Bertz CT molecular complexity index is 780. The molecule has 0 aliphatic carbocycles. The number of benzene rings is 1. The Morgan fingerprint density at radius 1 is 1.38 bits per heavy atom. The molecule has 5 nitrogen and oxygen atoms in total. The highest BCUT2D eigenvalue weighted by Gasteiger charge is 2.29. The minimum absolute atomic E-state index is 0.0166. The van der Waals surface area contributed by atoms with E-state index in [1.165, 1.54) is 22.6 Å². The summed E-state index contributed by atoms with van der Waals surface area (Å²) in [6.07, 6.45) is 5.06. The second kappa shape index (κ2) is 6.97. The standard InChI is InChI=1S/C18H18N2O3S/c1-2-16-15-10-12-24-17(15)9-11-19(16)18(21)8-5-13-3-6-14(7-4-13)20(22)23/h3-8,10,12,16H,2,9,11H2,1H3. The largest absolute Gasteiger partial charge is 0.332 e. The van der Waals surface area contributed by atoms with E-state index in [1.807, 2.05) is 4.90 Å². The summed E-state index contributed by atoms with van der Waals surface area (Å²) < 4.78 is 0. The van der Waals surface area contributed by atoms with Crippen molar-refractivity contribution < 1.29 is 9.72 Å². The number of hydrogen-bond acceptors (Lipinski definition) is 4. The number of non-ortho nitro benzene ring substituents is 1. The average Bonchev–Trinajstić information content (AvgIpc) is 3.07. The number of thiophene rings is 1. The van der Waals surface area contributed by atoms with Gasteiger partial charge >= 0.3 is 0 Å². The highest BCUT2D eigenvalue weighted by atomic mass is 32.1. The molecule has 0 radical (unpaired) electrons. The van der Waals surface area contributed by atoms with Crippen molar-refractivity contribution >= 4 is 29.0 Å². The van der Waals surface area contributed by atoms with Gasteiger partial charge in [0.05, 0.1) is 11.0 Å². The lowest BCUT2D eigenvalue weighted by molar-refractivity contribution is -0.384. The lowest BCUT2D eigenvalue weighted by Crippen LogP contribution is -2.38. The van der Waals surface area contributed by atoms with E-state index in [9.17, 15) is 14.9 Å². The van der Waals surface area contributed by atoms with Gasteiger partial charge in [-0.2, -0.15) is 0 Å². The van der Waals surface area contributed by atoms with Crippen LogP contribution in [-0.2, 0) is 11.2 Å². The van der Waals surface area contributed by atoms with Crippen LogP contribution in [0.4, 0.5) is 5.69 Å². The first-order valence-electron chi connectivity index (χ1n) is 7.89. The third-order valence-electron chi connectivity index (χ3n) is 4.29. The Kier molecular flexibility index (Phi) is 4.76. The van der Waals surface area contributed by atoms with Gasteiger partial charge < -0.3 is 4.90 Å². The van der Waals surface area contributed by atoms with Crippen LogP contribution in [0.3, 0.4) is 0 Å². The van der Waals surface area contributed by atoms with Gasteiger partial charge in [-0.05, 0) is 53.6 Å². The van der Waals surface area contributed by atoms with Crippen molar-refractivity contribution in [3.8, 4) is 0 Å². The number of carbonyl (C=O) groups excluding carboxylic acids is 1. The van der Waals surface area contributed by atoms with Gasteiger partial charge in [0.1, 0.15) is 0 Å². The van der Waals surface area contributed by atoms with Crippen LogP contribution < -0.4 is 0 Å². The summed E-state index contributed by atoms with van der Waals surface area (Å²) in [5.74, 6) is -0.0166. The second-order valence-electron chi connectivity index (χ2n) is 5.69. The van der Waals surface area contributed by atoms with Crippen LogP contribution in [-0.4, -0.2) is 22.3 Å². The Morgan fingerprint density at radius 3 is 2.79 bits per heavy atom. The smallest absolute Gasteiger partial charge is 0.269 e. The quantitative estimate of drug-likeness (QED) is 0.475. The fraction of sp³-hybridized carbons (Fsp3) is 0.278. The Morgan fingerprint density at radius 2 is 2.12 bits per heavy atom. The zero-order valence-electron chi connectivity index (χ0n) is 13.3. The van der Waals surface area contributed by atoms with E-state index in [1.54, 1.807) is 35.6 Å². The monoisotopic (exact) mass is 342 g/mol. The van der Waals surface area contributed by atoms with Gasteiger partial charge in [-0.3, -0.25) is 14.9 Å². The van der Waals surface area contributed by atoms with Crippen LogP contribution in [0, 0.1) is 10.1 Å². The zero-order valence-corrected chi connectivity index (χ0v) is 14.2. The summed E-state index contributed by atoms with van der Waals surface area (Å²) in [4.78, 5) is 26.1. The van der Waals surface area contributed by atoms with E-state index >= 15 is 0 Å². The third kappa shape index (κ3) is 3.23. The number of nitro groups is 1. The van der Waals surface area contributed by atoms with E-state index in [-0.39, 0.29) is 17.6 Å². The first kappa shape index (κ1) is 16.4. The van der Waals surface area contributed by atoms with Crippen LogP contribution in [0.25, 0.3) is 6.08 Å². The summed E-state index contributed by atoms with van der Waals surface area (Å²) in [6, 6.07) is 8.43. The van der Waals surface area contributed by atoms with Crippen LogP contribution in [0.1, 0.15) is 35.4 Å². The Hall–Kier alpha value is -2.47. The molecule has 0 saturated carbocycles. The SMILES string of the molecule is CCC1c2ccsc2CCN1C(=O)C=Cc1ccc([N+](=O)[O-])cc1. The highest BCUT2D eigenvalue weighted by molar-refractivity contribution is 7.10. The topological polar surface area (TPSA) is 63.5 Å². The average molecular weight is 342 g/mol. The van der Waals surface area contributed by atoms with Crippen molar-refractivity contribution in [2.75, 3.05) is 6.54 Å². The predicted octanol–water partition coefficient (Wildman–Crippen LogP) is 4.21. The molecule has 1 aromatic carbocycles. The predicted molar refractivity (Wildman–Crippen MR) is 94.9 cm³/mol. The van der Waals surface area contributed by atoms with E-state index in [0.29, 0.717) is 0 Å². The molecule has 1 unspecified atom stereocenters. The van der Waals surface area contributed by atoms with E-state index in [0.717, 1.165) is 24.9 Å². The molecule has 0 N–H and O–H groups in total. The number of hydrogen-bond donors (Lipinski definition) is 0. The molecule has 2 heterocycles. The maximum atomic E-state index is 12.6. The molecule has 3 rings (SSSR count). The Labute approximate surface area is 144 Å². The van der Waals surface area contributed by atoms with Gasteiger partial charge in [0.15, 0.2) is 0 Å². The number of carbonyl (C=O) groups is 1. The van der Waals surface area contributed by atoms with Crippen molar-refractivity contribution in [2.45, 2.75) is 25.8 Å². The summed E-state index contributed by atoms with van der Waals surface area (Å²) in [7, 11) is 0. The van der Waals surface area contributed by atoms with E-state index in [2.05, 4.69) is 18.4 Å². The molecule has 1 amide bonds. The number of nitro benzene ring substituents is 1. The molecule has 0 fully saturated rings. The summed E-state index contributed by atoms with van der Waals surface area (Å²) >= 11 is 1.76. The first-order valence-corrected chi connectivity index (χ1v) is 8.77. The normalized spacial score (nSPS) is 17.0. The third-order valence-corrected chi connectivity index (χ3v) is 5.28. The van der Waals surface area contributed by atoms with E-state index in [4.69, 9.17) is 0 Å². The van der Waals surface area contributed by atoms with Gasteiger partial charge in [0.2, 0.25) is 5.91 Å². The molecule has 1 aliphatic heterocycles. The van der Waals surface area contributed by atoms with Gasteiger partial charge in [-0.25, -0.2) is 0 Å². The van der Waals surface area contributed by atoms with Crippen LogP contribution in [0.5, 0.6) is 0 Å². The molecular formula is C18H18N2O3S. The summed E-state index contributed by atoms with van der Waals surface area (Å²) in [5, 5.41) is 12.8. The molecule has 1 atom stereocenters. The van der Waals surface area contributed by atoms with Gasteiger partial charge in [-0.15, -0.1) is 11.3 Å². The van der Waals surface area contributed by atoms with Crippen molar-refractivity contribution in [1.29, 1.82) is 0 Å². The molecule has 24 heavy (non-hydrogen) atoms. The highest BCUT2D eigenvalue weighted by Crippen LogP contribution is 2.35. The van der Waals surface area contributed by atoms with Crippen molar-refractivity contribution in [2.24, 2.45) is 0 Å². The molecule has 1 aliphatic rings. The first-order chi connectivity index (χ1) is 11.6. The van der Waals surface area contributed by atoms with Crippen molar-refractivity contribution in [3.63, 3.8) is 0 Å². The molecule has 6 heteroatoms. The fourth-order valence-corrected chi connectivity index (χ4v) is 4.00. The molecule has 124 valence electrons. The number of fused-ring (bicyclic) bond motifs is 1. The summed E-state index contributed by atoms with van der Waals surface area (Å²) in [6.45, 7) is 2.83. The maximum absolute atomic E-state index is 12.6. The number of amides is 1. The van der Waals surface area contributed by atoms with Crippen LogP contribution >= 0.6 is 11.3 Å². The molecular weight excluding hydrogens is 324 g/mol. The zero-order chi connectivity index (χ0) is 17.1. The van der Waals surface area contributed by atoms with Crippen molar-refractivity contribution in [1.82, 2.24) is 4.90 Å². The van der Waals surface area contributed by atoms with Crippen LogP contribution in [0.2, 0.25) is 0 Å². The molecule has 0 saturated heterocycles. The maximum Gasteiger partial charge on any atom is 0.269 e. The molecule has 1 aromatic heterocycles. The minimum atomic E-state index is -0.434. The van der Waals surface area contributed by atoms with Gasteiger partial charge in [-0.1, -0.05) is 6.92 Å². The summed E-state index contributed by atoms with van der Waals surface area (Å²) in [5.41, 5.74) is 2.09. The Balaban J connectivity index is 1.73. The van der Waals surface area contributed by atoms with Gasteiger partial charge in [0.25, 0.3) is 5.69 Å². The lowest BCUT2D eigenvalue weighted by atomic mass is 9.97. The fourth-order valence-electron chi connectivity index (χ4n) is 3.07. The molecule has 0 spiro atoms. The lowest BCUT2D eigenvalue weighted by Gasteiger charge is -2.34. The van der Waals surface area contributed by atoms with Crippen molar-refractivity contribution in [3.05, 3.63) is 67.9 Å². The second-order valence-corrected chi connectivity index (χ2v) is 6.69. The minimum Gasteiger partial charge on any atom is -0.332 e. The van der Waals surface area contributed by atoms with Gasteiger partial charge in [0, 0.05) is 29.6 Å². The molecule has 0 bridgehead atoms. The number of rotatable bonds is 4. The number of nitrogens with zero attached hydrogens (tertiary/aromatic N) is 2.